The van der Waals surface area contributed by atoms with Crippen LogP contribution in [-0.2, 0) is 19.2 Å². The van der Waals surface area contributed by atoms with E-state index in [4.69, 9.17) is 4.74 Å². The number of carbonyl (C=O) groups excluding carboxylic acids is 3. The highest BCUT2D eigenvalue weighted by atomic mass is 32.2. The van der Waals surface area contributed by atoms with Gasteiger partial charge in [-0.15, -0.1) is 11.8 Å². The normalized spacial score (nSPS) is 24.1. The van der Waals surface area contributed by atoms with Crippen LogP contribution in [0.3, 0.4) is 0 Å². The van der Waals surface area contributed by atoms with Crippen LogP contribution < -0.4 is 10.1 Å². The Morgan fingerprint density at radius 3 is 2.25 bits per heavy atom. The molecule has 2 aromatic carbocycles. The molecule has 2 aliphatic rings. The smallest absolute Gasteiger partial charge is 0.328 e. The second-order valence-corrected chi connectivity index (χ2v) is 9.93. The number of fused-ring (bicyclic) bond motifs is 1. The van der Waals surface area contributed by atoms with E-state index in [9.17, 15) is 24.3 Å². The van der Waals surface area contributed by atoms with Crippen molar-refractivity contribution in [3.05, 3.63) is 66.2 Å². The molecule has 2 heterocycles. The van der Waals surface area contributed by atoms with Crippen LogP contribution in [0.5, 0.6) is 5.75 Å². The van der Waals surface area contributed by atoms with E-state index >= 15 is 0 Å². The fourth-order valence-electron chi connectivity index (χ4n) is 4.09. The molecule has 8 nitrogen and oxygen atoms in total. The number of nitrogens with zero attached hydrogens (tertiary/aromatic N) is 1. The second kappa shape index (κ2) is 8.31. The van der Waals surface area contributed by atoms with Gasteiger partial charge in [-0.05, 0) is 31.5 Å². The van der Waals surface area contributed by atoms with Gasteiger partial charge in [0.2, 0.25) is 11.8 Å². The monoisotopic (exact) mass is 454 g/mol. The zero-order chi connectivity index (χ0) is 23.0. The Labute approximate surface area is 188 Å². The van der Waals surface area contributed by atoms with E-state index in [2.05, 4.69) is 5.32 Å². The first-order valence-corrected chi connectivity index (χ1v) is 10.9. The van der Waals surface area contributed by atoms with Crippen LogP contribution in [0, 0.1) is 0 Å². The van der Waals surface area contributed by atoms with Gasteiger partial charge in [-0.1, -0.05) is 48.5 Å². The van der Waals surface area contributed by atoms with Gasteiger partial charge in [0.1, 0.15) is 23.2 Å². The largest absolute Gasteiger partial charge is 0.480 e. The first-order chi connectivity index (χ1) is 15.2. The molecule has 2 fully saturated rings. The maximum Gasteiger partial charge on any atom is 0.328 e. The molecule has 32 heavy (non-hydrogen) atoms. The van der Waals surface area contributed by atoms with E-state index in [1.807, 2.05) is 0 Å². The van der Waals surface area contributed by atoms with Gasteiger partial charge in [0.25, 0.3) is 0 Å². The number of thioether (sulfide) groups is 1. The van der Waals surface area contributed by atoms with E-state index < -0.39 is 51.9 Å². The third-order valence-corrected chi connectivity index (χ3v) is 7.14. The van der Waals surface area contributed by atoms with Gasteiger partial charge in [-0.25, -0.2) is 4.79 Å². The highest BCUT2D eigenvalue weighted by Crippen LogP contribution is 2.50. The third kappa shape index (κ3) is 3.84. The minimum absolute atomic E-state index is 0.300. The number of ether oxygens (including phenoxy) is 1. The number of carboxylic acid groups (broad SMARTS) is 1. The van der Waals surface area contributed by atoms with Crippen LogP contribution in [0.1, 0.15) is 25.3 Å². The number of hydrogen-bond acceptors (Lipinski definition) is 6. The summed E-state index contributed by atoms with van der Waals surface area (Å²) in [6.45, 7) is 3.51. The highest BCUT2D eigenvalue weighted by Gasteiger charge is 2.64. The average molecular weight is 455 g/mol. The standard InChI is InChI=1S/C23H22N2O6S/c1-23(2)17(21(28)29)25-19(27)16(20(25)32-23)24-18(26)15(13-9-5-3-6-10-13)22(30)31-14-11-7-4-8-12-14/h3-12,15-17,20H,1-2H3,(H,24,26)(H,28,29)/t15?,16-,17?,20-/m1/s1. The Morgan fingerprint density at radius 2 is 1.66 bits per heavy atom. The number of rotatable bonds is 6. The predicted octanol–water partition coefficient (Wildman–Crippen LogP) is 2.01. The summed E-state index contributed by atoms with van der Waals surface area (Å²) in [6, 6.07) is 15.0. The Hall–Kier alpha value is -3.33. The van der Waals surface area contributed by atoms with Crippen LogP contribution in [0.4, 0.5) is 0 Å². The zero-order valence-electron chi connectivity index (χ0n) is 17.4. The molecule has 2 N–H and O–H groups in total. The Bertz CT molecular complexity index is 1060. The van der Waals surface area contributed by atoms with E-state index in [-0.39, 0.29) is 0 Å². The van der Waals surface area contributed by atoms with Crippen molar-refractivity contribution in [1.82, 2.24) is 10.2 Å². The van der Waals surface area contributed by atoms with Gasteiger partial charge in [-0.2, -0.15) is 0 Å². The van der Waals surface area contributed by atoms with Gasteiger partial charge < -0.3 is 20.1 Å². The lowest BCUT2D eigenvalue weighted by Gasteiger charge is -2.43. The summed E-state index contributed by atoms with van der Waals surface area (Å²) in [6.07, 6.45) is 0. The number of carboxylic acids is 1. The summed E-state index contributed by atoms with van der Waals surface area (Å²) < 4.78 is 4.69. The molecule has 0 saturated carbocycles. The number of para-hydroxylation sites is 1. The summed E-state index contributed by atoms with van der Waals surface area (Å²) in [5.41, 5.74) is 0.428. The van der Waals surface area contributed by atoms with Crippen LogP contribution >= 0.6 is 11.8 Å². The number of esters is 1. The summed E-state index contributed by atoms with van der Waals surface area (Å²) in [5.74, 6) is -3.99. The van der Waals surface area contributed by atoms with E-state index in [1.165, 1.54) is 16.7 Å². The van der Waals surface area contributed by atoms with Gasteiger partial charge in [0.15, 0.2) is 5.92 Å². The Balaban J connectivity index is 1.54. The third-order valence-electron chi connectivity index (χ3n) is 5.57. The van der Waals surface area contributed by atoms with Crippen molar-refractivity contribution in [2.75, 3.05) is 0 Å². The molecule has 2 saturated heterocycles. The molecule has 166 valence electrons. The molecular weight excluding hydrogens is 432 g/mol. The number of amides is 2. The lowest BCUT2D eigenvalue weighted by molar-refractivity contribution is -0.161. The Morgan fingerprint density at radius 1 is 1.06 bits per heavy atom. The predicted molar refractivity (Wildman–Crippen MR) is 117 cm³/mol. The average Bonchev–Trinajstić information content (AvgIpc) is 3.01. The lowest BCUT2D eigenvalue weighted by atomic mass is 9.94. The van der Waals surface area contributed by atoms with E-state index in [0.717, 1.165) is 0 Å². The molecule has 2 aliphatic heterocycles. The summed E-state index contributed by atoms with van der Waals surface area (Å²) in [4.78, 5) is 51.8. The molecular formula is C23H22N2O6S. The van der Waals surface area contributed by atoms with Crippen LogP contribution in [-0.4, -0.2) is 56.0 Å². The lowest BCUT2D eigenvalue weighted by Crippen LogP contribution is -2.71. The SMILES string of the molecule is CC1(C)S[C@@H]2[C@H](NC(=O)C(C(=O)Oc3ccccc3)c3ccccc3)C(=O)N2C1C(=O)O. The topological polar surface area (TPSA) is 113 Å². The quantitative estimate of drug-likeness (QED) is 0.297. The molecule has 4 rings (SSSR count). The fraction of sp³-hybridized carbons (Fsp3) is 0.304. The molecule has 0 aliphatic carbocycles. The molecule has 4 atom stereocenters. The van der Waals surface area contributed by atoms with E-state index in [0.29, 0.717) is 11.3 Å². The minimum Gasteiger partial charge on any atom is -0.480 e. The number of hydrogen-bond donors (Lipinski definition) is 2. The van der Waals surface area contributed by atoms with Gasteiger partial charge in [0, 0.05) is 4.75 Å². The summed E-state index contributed by atoms with van der Waals surface area (Å²) in [5, 5.41) is 11.7. The molecule has 0 aromatic heterocycles. The Kier molecular flexibility index (Phi) is 5.68. The van der Waals surface area contributed by atoms with Crippen molar-refractivity contribution < 1.29 is 29.0 Å². The van der Waals surface area contributed by atoms with Crippen molar-refractivity contribution in [3.8, 4) is 5.75 Å². The second-order valence-electron chi connectivity index (χ2n) is 8.16. The number of β-lactam (4-membered cyclic amide) rings is 1. The van der Waals surface area contributed by atoms with Gasteiger partial charge in [-0.3, -0.25) is 14.4 Å². The van der Waals surface area contributed by atoms with Crippen LogP contribution in [0.15, 0.2) is 60.7 Å². The highest BCUT2D eigenvalue weighted by molar-refractivity contribution is 8.01. The molecule has 2 aromatic rings. The van der Waals surface area contributed by atoms with Crippen molar-refractivity contribution in [2.24, 2.45) is 0 Å². The number of carbonyl (C=O) groups is 4. The van der Waals surface area contributed by atoms with Crippen molar-refractivity contribution >= 4 is 35.5 Å². The maximum atomic E-state index is 13.2. The van der Waals surface area contributed by atoms with Crippen molar-refractivity contribution in [3.63, 3.8) is 0 Å². The zero-order valence-corrected chi connectivity index (χ0v) is 18.2. The molecule has 2 unspecified atom stereocenters. The molecule has 0 spiro atoms. The maximum absolute atomic E-state index is 13.2. The minimum atomic E-state index is -1.28. The molecule has 0 radical (unpaired) electrons. The van der Waals surface area contributed by atoms with Crippen molar-refractivity contribution in [1.29, 1.82) is 0 Å². The van der Waals surface area contributed by atoms with Crippen LogP contribution in [0.2, 0.25) is 0 Å². The van der Waals surface area contributed by atoms with Crippen molar-refractivity contribution in [2.45, 2.75) is 42.0 Å². The first kappa shape index (κ1) is 21.9. The molecule has 0 bridgehead atoms. The number of nitrogens with one attached hydrogen (secondary N) is 1. The first-order valence-electron chi connectivity index (χ1n) is 10.1. The van der Waals surface area contributed by atoms with E-state index in [1.54, 1.807) is 74.5 Å². The fourth-order valence-corrected chi connectivity index (χ4v) is 5.71. The number of aliphatic carboxylic acids is 1. The molecule has 9 heteroatoms. The van der Waals surface area contributed by atoms with Crippen LogP contribution in [0.25, 0.3) is 0 Å². The van der Waals surface area contributed by atoms with Gasteiger partial charge in [0.05, 0.1) is 0 Å². The molecule has 2 amide bonds. The summed E-state index contributed by atoms with van der Waals surface area (Å²) in [7, 11) is 0. The summed E-state index contributed by atoms with van der Waals surface area (Å²) >= 11 is 1.32. The van der Waals surface area contributed by atoms with Gasteiger partial charge >= 0.3 is 11.9 Å². The number of benzene rings is 2.